The number of urea groups is 1. The van der Waals surface area contributed by atoms with Gasteiger partial charge >= 0.3 is 6.03 Å². The zero-order valence-electron chi connectivity index (χ0n) is 14.3. The van der Waals surface area contributed by atoms with E-state index in [1.807, 2.05) is 16.4 Å². The van der Waals surface area contributed by atoms with Gasteiger partial charge in [0.1, 0.15) is 6.33 Å². The summed E-state index contributed by atoms with van der Waals surface area (Å²) in [6.45, 7) is 6.00. The number of rotatable bonds is 7. The number of ether oxygens (including phenoxy) is 2. The van der Waals surface area contributed by atoms with Crippen molar-refractivity contribution in [2.24, 2.45) is 0 Å². The molecular formula is C16H27N5O3. The highest BCUT2D eigenvalue weighted by molar-refractivity contribution is 5.74. The van der Waals surface area contributed by atoms with Crippen LogP contribution in [0.25, 0.3) is 0 Å². The Balaban J connectivity index is 1.56. The lowest BCUT2D eigenvalue weighted by Crippen LogP contribution is -2.47. The third-order valence-electron chi connectivity index (χ3n) is 4.62. The van der Waals surface area contributed by atoms with E-state index in [-0.39, 0.29) is 18.2 Å². The van der Waals surface area contributed by atoms with Gasteiger partial charge in [-0.15, -0.1) is 10.2 Å². The molecule has 2 aliphatic rings. The average molecular weight is 337 g/mol. The van der Waals surface area contributed by atoms with Gasteiger partial charge in [0.15, 0.2) is 5.82 Å². The molecule has 0 aliphatic carbocycles. The van der Waals surface area contributed by atoms with Gasteiger partial charge in [-0.05, 0) is 32.6 Å². The van der Waals surface area contributed by atoms with Crippen molar-refractivity contribution in [2.45, 2.75) is 57.9 Å². The average Bonchev–Trinajstić information content (AvgIpc) is 3.34. The summed E-state index contributed by atoms with van der Waals surface area (Å²) >= 11 is 0. The minimum atomic E-state index is -0.0911. The molecule has 2 aliphatic heterocycles. The van der Waals surface area contributed by atoms with Gasteiger partial charge in [0.25, 0.3) is 0 Å². The summed E-state index contributed by atoms with van der Waals surface area (Å²) in [4.78, 5) is 14.5. The second kappa shape index (κ2) is 8.43. The monoisotopic (exact) mass is 337 g/mol. The summed E-state index contributed by atoms with van der Waals surface area (Å²) < 4.78 is 13.3. The predicted molar refractivity (Wildman–Crippen MR) is 87.5 cm³/mol. The van der Waals surface area contributed by atoms with Crippen molar-refractivity contribution in [3.05, 3.63) is 12.2 Å². The van der Waals surface area contributed by atoms with Crippen LogP contribution in [-0.4, -0.2) is 64.2 Å². The number of aromatic nitrogens is 3. The fourth-order valence-electron chi connectivity index (χ4n) is 3.26. The molecule has 2 saturated heterocycles. The molecule has 0 saturated carbocycles. The van der Waals surface area contributed by atoms with Gasteiger partial charge in [0.2, 0.25) is 0 Å². The van der Waals surface area contributed by atoms with E-state index in [9.17, 15) is 4.79 Å². The van der Waals surface area contributed by atoms with Crippen molar-refractivity contribution in [1.29, 1.82) is 0 Å². The lowest BCUT2D eigenvalue weighted by atomic mass is 10.2. The zero-order chi connectivity index (χ0) is 16.8. The fourth-order valence-corrected chi connectivity index (χ4v) is 3.26. The van der Waals surface area contributed by atoms with E-state index >= 15 is 0 Å². The quantitative estimate of drug-likeness (QED) is 0.808. The Bertz CT molecular complexity index is 506. The van der Waals surface area contributed by atoms with Crippen molar-refractivity contribution in [3.8, 4) is 0 Å². The van der Waals surface area contributed by atoms with Gasteiger partial charge in [0.05, 0.1) is 18.8 Å². The van der Waals surface area contributed by atoms with Crippen molar-refractivity contribution in [3.63, 3.8) is 0 Å². The molecule has 1 N–H and O–H groups in total. The molecule has 0 spiro atoms. The number of hydrogen-bond acceptors (Lipinski definition) is 5. The summed E-state index contributed by atoms with van der Waals surface area (Å²) in [5.74, 6) is 0.764. The molecule has 24 heavy (non-hydrogen) atoms. The summed E-state index contributed by atoms with van der Waals surface area (Å²) in [5.41, 5.74) is 0. The fraction of sp³-hybridized carbons (Fsp3) is 0.812. The first-order valence-corrected chi connectivity index (χ1v) is 8.89. The highest BCUT2D eigenvalue weighted by atomic mass is 16.5. The maximum absolute atomic E-state index is 12.7. The maximum atomic E-state index is 12.7. The van der Waals surface area contributed by atoms with E-state index in [0.717, 1.165) is 51.3 Å². The molecule has 2 atom stereocenters. The molecule has 0 aromatic carbocycles. The van der Waals surface area contributed by atoms with Gasteiger partial charge < -0.3 is 24.3 Å². The van der Waals surface area contributed by atoms with Crippen LogP contribution in [0, 0.1) is 0 Å². The smallest absolute Gasteiger partial charge is 0.317 e. The lowest BCUT2D eigenvalue weighted by molar-refractivity contribution is 0.0497. The zero-order valence-corrected chi connectivity index (χ0v) is 14.3. The molecule has 2 amide bonds. The van der Waals surface area contributed by atoms with Crippen LogP contribution >= 0.6 is 0 Å². The molecule has 3 rings (SSSR count). The lowest BCUT2D eigenvalue weighted by Gasteiger charge is -2.27. The Labute approximate surface area is 142 Å². The highest BCUT2D eigenvalue weighted by Crippen LogP contribution is 2.17. The topological polar surface area (TPSA) is 81.5 Å². The number of aryl methyl sites for hydroxylation is 1. The second-order valence-corrected chi connectivity index (χ2v) is 6.37. The van der Waals surface area contributed by atoms with Gasteiger partial charge in [-0.1, -0.05) is 0 Å². The van der Waals surface area contributed by atoms with Crippen LogP contribution in [0.3, 0.4) is 0 Å². The Morgan fingerprint density at radius 2 is 1.96 bits per heavy atom. The number of nitrogens with one attached hydrogen (secondary N) is 1. The van der Waals surface area contributed by atoms with Crippen LogP contribution in [-0.2, 0) is 22.6 Å². The van der Waals surface area contributed by atoms with Crippen LogP contribution in [0.4, 0.5) is 4.79 Å². The Kier molecular flexibility index (Phi) is 6.03. The molecule has 3 heterocycles. The molecule has 1 aromatic heterocycles. The van der Waals surface area contributed by atoms with Crippen LogP contribution in [0.2, 0.25) is 0 Å². The van der Waals surface area contributed by atoms with E-state index in [1.54, 1.807) is 6.33 Å². The Morgan fingerprint density at radius 1 is 1.29 bits per heavy atom. The van der Waals surface area contributed by atoms with Crippen molar-refractivity contribution in [1.82, 2.24) is 25.0 Å². The molecule has 8 nitrogen and oxygen atoms in total. The first kappa shape index (κ1) is 17.2. The number of hydrogen-bond donors (Lipinski definition) is 1. The van der Waals surface area contributed by atoms with E-state index in [2.05, 4.69) is 15.5 Å². The molecular weight excluding hydrogens is 310 g/mol. The number of carbonyl (C=O) groups is 1. The molecule has 1 aromatic rings. The van der Waals surface area contributed by atoms with E-state index in [4.69, 9.17) is 9.47 Å². The largest absolute Gasteiger partial charge is 0.376 e. The van der Waals surface area contributed by atoms with E-state index < -0.39 is 0 Å². The predicted octanol–water partition coefficient (Wildman–Crippen LogP) is 1.17. The second-order valence-electron chi connectivity index (χ2n) is 6.37. The Morgan fingerprint density at radius 3 is 2.50 bits per heavy atom. The minimum absolute atomic E-state index is 0.0911. The van der Waals surface area contributed by atoms with Crippen molar-refractivity contribution >= 4 is 6.03 Å². The summed E-state index contributed by atoms with van der Waals surface area (Å²) in [7, 11) is 0. The first-order valence-electron chi connectivity index (χ1n) is 8.89. The van der Waals surface area contributed by atoms with Gasteiger partial charge in [0, 0.05) is 32.8 Å². The van der Waals surface area contributed by atoms with Crippen molar-refractivity contribution < 1.29 is 14.3 Å². The van der Waals surface area contributed by atoms with E-state index in [1.165, 1.54) is 0 Å². The van der Waals surface area contributed by atoms with Crippen LogP contribution in [0.1, 0.15) is 38.4 Å². The number of carbonyl (C=O) groups excluding carboxylic acids is 1. The van der Waals surface area contributed by atoms with Gasteiger partial charge in [-0.25, -0.2) is 4.79 Å². The molecule has 2 fully saturated rings. The molecule has 134 valence electrons. The van der Waals surface area contributed by atoms with Crippen LogP contribution in [0.15, 0.2) is 6.33 Å². The van der Waals surface area contributed by atoms with Crippen LogP contribution < -0.4 is 5.32 Å². The van der Waals surface area contributed by atoms with E-state index in [0.29, 0.717) is 19.6 Å². The highest BCUT2D eigenvalue weighted by Gasteiger charge is 2.27. The number of amides is 2. The molecule has 8 heteroatoms. The third kappa shape index (κ3) is 4.45. The summed E-state index contributed by atoms with van der Waals surface area (Å²) in [6.07, 6.45) is 6.11. The molecule has 0 unspecified atom stereocenters. The maximum Gasteiger partial charge on any atom is 0.317 e. The number of nitrogens with zero attached hydrogens (tertiary/aromatic N) is 4. The third-order valence-corrected chi connectivity index (χ3v) is 4.62. The Hall–Kier alpha value is -1.67. The minimum Gasteiger partial charge on any atom is -0.376 e. The summed E-state index contributed by atoms with van der Waals surface area (Å²) in [6, 6.07) is -0.0911. The molecule has 0 radical (unpaired) electrons. The standard InChI is InChI=1S/C16H27N5O3/c1-2-20-12-18-19-15(20)9-17-16(22)21(10-13-5-3-7-23-13)11-14-6-4-8-24-14/h12-14H,2-11H2,1H3,(H,17,22)/t13-,14+. The van der Waals surface area contributed by atoms with Gasteiger partial charge in [-0.2, -0.15) is 0 Å². The normalized spacial score (nSPS) is 23.5. The SMILES string of the molecule is CCn1cnnc1CNC(=O)N(C[C@H]1CCCO1)C[C@@H]1CCCO1. The molecule has 0 bridgehead atoms. The first-order chi connectivity index (χ1) is 11.8. The van der Waals surface area contributed by atoms with Crippen molar-refractivity contribution in [2.75, 3.05) is 26.3 Å². The summed E-state index contributed by atoms with van der Waals surface area (Å²) in [5, 5.41) is 10.9. The van der Waals surface area contributed by atoms with Gasteiger partial charge in [-0.3, -0.25) is 0 Å². The van der Waals surface area contributed by atoms with Crippen LogP contribution in [0.5, 0.6) is 0 Å².